The first-order valence-corrected chi connectivity index (χ1v) is 7.45. The Bertz CT molecular complexity index is 679. The maximum atomic E-state index is 11.9. The van der Waals surface area contributed by atoms with E-state index >= 15 is 0 Å². The number of carbonyl (C=O) groups is 4. The minimum atomic E-state index is -0.886. The second-order valence-electron chi connectivity index (χ2n) is 6.14. The fourth-order valence-corrected chi connectivity index (χ4v) is 1.80. The molecule has 134 valence electrons. The van der Waals surface area contributed by atoms with Crippen LogP contribution in [0.4, 0.5) is 10.6 Å². The SMILES string of the molecule is CC(C)(C)OC(=O)NNc1ccc(C(=O)ON2C(=O)CCC2=O)cn1. The zero-order valence-electron chi connectivity index (χ0n) is 14.0. The van der Waals surface area contributed by atoms with Crippen LogP contribution in [0, 0.1) is 0 Å². The summed E-state index contributed by atoms with van der Waals surface area (Å²) >= 11 is 0. The molecule has 0 radical (unpaired) electrons. The van der Waals surface area contributed by atoms with Crippen LogP contribution in [0.3, 0.4) is 0 Å². The third-order valence-corrected chi connectivity index (χ3v) is 2.87. The molecule has 0 atom stereocenters. The Labute approximate surface area is 143 Å². The van der Waals surface area contributed by atoms with Gasteiger partial charge in [-0.3, -0.25) is 15.0 Å². The number of rotatable bonds is 4. The van der Waals surface area contributed by atoms with Gasteiger partial charge in [0.2, 0.25) is 0 Å². The predicted molar refractivity (Wildman–Crippen MR) is 83.7 cm³/mol. The molecule has 2 N–H and O–H groups in total. The molecule has 10 heteroatoms. The summed E-state index contributed by atoms with van der Waals surface area (Å²) in [6.45, 7) is 5.17. The Kier molecular flexibility index (Phi) is 5.20. The molecule has 0 saturated carbocycles. The topological polar surface area (TPSA) is 127 Å². The average molecular weight is 350 g/mol. The van der Waals surface area contributed by atoms with Crippen LogP contribution in [0.15, 0.2) is 18.3 Å². The van der Waals surface area contributed by atoms with E-state index in [-0.39, 0.29) is 24.2 Å². The molecule has 25 heavy (non-hydrogen) atoms. The van der Waals surface area contributed by atoms with Crippen molar-refractivity contribution in [3.8, 4) is 0 Å². The summed E-state index contributed by atoms with van der Waals surface area (Å²) in [7, 11) is 0. The van der Waals surface area contributed by atoms with Crippen LogP contribution < -0.4 is 10.9 Å². The molecule has 2 heterocycles. The summed E-state index contributed by atoms with van der Waals surface area (Å²) in [6, 6.07) is 2.76. The van der Waals surface area contributed by atoms with Crippen molar-refractivity contribution in [3.05, 3.63) is 23.9 Å². The van der Waals surface area contributed by atoms with Crippen molar-refractivity contribution in [3.63, 3.8) is 0 Å². The molecular formula is C15H18N4O6. The zero-order chi connectivity index (χ0) is 18.6. The second kappa shape index (κ2) is 7.16. The highest BCUT2D eigenvalue weighted by Gasteiger charge is 2.33. The fraction of sp³-hybridized carbons (Fsp3) is 0.400. The average Bonchev–Trinajstić information content (AvgIpc) is 2.83. The second-order valence-corrected chi connectivity index (χ2v) is 6.14. The minimum Gasteiger partial charge on any atom is -0.443 e. The van der Waals surface area contributed by atoms with Gasteiger partial charge in [-0.2, -0.15) is 0 Å². The van der Waals surface area contributed by atoms with Gasteiger partial charge in [-0.1, -0.05) is 0 Å². The van der Waals surface area contributed by atoms with E-state index in [0.717, 1.165) is 0 Å². The molecule has 3 amide bonds. The summed E-state index contributed by atoms with van der Waals surface area (Å²) in [5.74, 6) is -1.77. The molecule has 2 rings (SSSR count). The molecule has 0 aliphatic carbocycles. The number of ether oxygens (including phenoxy) is 1. The maximum absolute atomic E-state index is 11.9. The highest BCUT2D eigenvalue weighted by Crippen LogP contribution is 2.14. The van der Waals surface area contributed by atoms with Crippen LogP contribution in [0.1, 0.15) is 44.0 Å². The number of hydrogen-bond donors (Lipinski definition) is 2. The Morgan fingerprint density at radius 1 is 1.16 bits per heavy atom. The first-order valence-electron chi connectivity index (χ1n) is 7.45. The van der Waals surface area contributed by atoms with E-state index in [1.54, 1.807) is 20.8 Å². The number of amides is 3. The molecule has 0 unspecified atom stereocenters. The van der Waals surface area contributed by atoms with Crippen molar-refractivity contribution in [1.29, 1.82) is 0 Å². The highest BCUT2D eigenvalue weighted by atomic mass is 16.7. The molecule has 0 aromatic carbocycles. The molecule has 0 bridgehead atoms. The number of aromatic nitrogens is 1. The number of hydrazine groups is 1. The van der Waals surface area contributed by atoms with Gasteiger partial charge in [-0.25, -0.2) is 20.0 Å². The van der Waals surface area contributed by atoms with Crippen LogP contribution in [0.2, 0.25) is 0 Å². The van der Waals surface area contributed by atoms with Crippen molar-refractivity contribution in [2.75, 3.05) is 5.43 Å². The van der Waals surface area contributed by atoms with Gasteiger partial charge in [0.05, 0.1) is 5.56 Å². The number of carbonyl (C=O) groups excluding carboxylic acids is 4. The normalized spacial score (nSPS) is 14.3. The van der Waals surface area contributed by atoms with Crippen LogP contribution in [0.5, 0.6) is 0 Å². The maximum Gasteiger partial charge on any atom is 0.426 e. The lowest BCUT2D eigenvalue weighted by Crippen LogP contribution is -2.36. The van der Waals surface area contributed by atoms with Gasteiger partial charge in [-0.15, -0.1) is 5.06 Å². The van der Waals surface area contributed by atoms with E-state index in [0.29, 0.717) is 5.06 Å². The summed E-state index contributed by atoms with van der Waals surface area (Å²) in [5, 5.41) is 0.457. The van der Waals surface area contributed by atoms with Crippen molar-refractivity contribution < 1.29 is 28.8 Å². The third-order valence-electron chi connectivity index (χ3n) is 2.87. The quantitative estimate of drug-likeness (QED) is 0.611. The number of hydroxylamine groups is 2. The van der Waals surface area contributed by atoms with Gasteiger partial charge in [0.1, 0.15) is 11.4 Å². The molecule has 1 saturated heterocycles. The first kappa shape index (κ1) is 18.2. The summed E-state index contributed by atoms with van der Waals surface area (Å²) in [6.07, 6.45) is 0.517. The predicted octanol–water partition coefficient (Wildman–Crippen LogP) is 1.15. The van der Waals surface area contributed by atoms with Crippen molar-refractivity contribution in [1.82, 2.24) is 15.5 Å². The smallest absolute Gasteiger partial charge is 0.426 e. The third kappa shape index (κ3) is 5.16. The molecule has 1 aliphatic rings. The Balaban J connectivity index is 1.89. The standard InChI is InChI=1S/C15H18N4O6/c1-15(2,3)24-14(23)18-17-10-5-4-9(8-16-10)13(22)25-19-11(20)6-7-12(19)21/h4-5,8H,6-7H2,1-3H3,(H,16,17)(H,18,23). The fourth-order valence-electron chi connectivity index (χ4n) is 1.80. The number of imide groups is 1. The lowest BCUT2D eigenvalue weighted by molar-refractivity contribution is -0.172. The van der Waals surface area contributed by atoms with Crippen LogP contribution >= 0.6 is 0 Å². The Morgan fingerprint density at radius 3 is 2.32 bits per heavy atom. The molecule has 1 aliphatic heterocycles. The highest BCUT2D eigenvalue weighted by molar-refractivity contribution is 6.02. The zero-order valence-corrected chi connectivity index (χ0v) is 14.0. The van der Waals surface area contributed by atoms with E-state index in [1.807, 2.05) is 0 Å². The van der Waals surface area contributed by atoms with Crippen molar-refractivity contribution in [2.24, 2.45) is 0 Å². The molecule has 1 aromatic rings. The number of hydrogen-bond acceptors (Lipinski definition) is 8. The lowest BCUT2D eigenvalue weighted by Gasteiger charge is -2.19. The first-order chi connectivity index (χ1) is 11.7. The van der Waals surface area contributed by atoms with Crippen LogP contribution in [0.25, 0.3) is 0 Å². The van der Waals surface area contributed by atoms with Crippen molar-refractivity contribution in [2.45, 2.75) is 39.2 Å². The van der Waals surface area contributed by atoms with Gasteiger partial charge in [0.15, 0.2) is 0 Å². The number of pyridine rings is 1. The number of nitrogens with one attached hydrogen (secondary N) is 2. The monoisotopic (exact) mass is 350 g/mol. The molecular weight excluding hydrogens is 332 g/mol. The van der Waals surface area contributed by atoms with E-state index in [2.05, 4.69) is 15.8 Å². The van der Waals surface area contributed by atoms with Gasteiger partial charge < -0.3 is 9.57 Å². The Hall–Kier alpha value is -3.17. The largest absolute Gasteiger partial charge is 0.443 e. The summed E-state index contributed by atoms with van der Waals surface area (Å²) in [5.41, 5.74) is 4.20. The Morgan fingerprint density at radius 2 is 1.80 bits per heavy atom. The van der Waals surface area contributed by atoms with E-state index in [9.17, 15) is 19.2 Å². The molecule has 0 spiro atoms. The van der Waals surface area contributed by atoms with Gasteiger partial charge in [0, 0.05) is 19.0 Å². The lowest BCUT2D eigenvalue weighted by atomic mass is 10.2. The number of anilines is 1. The molecule has 10 nitrogen and oxygen atoms in total. The van der Waals surface area contributed by atoms with Crippen LogP contribution in [-0.2, 0) is 19.2 Å². The minimum absolute atomic E-state index is 0.0174. The molecule has 1 aromatic heterocycles. The van der Waals surface area contributed by atoms with Gasteiger partial charge in [-0.05, 0) is 32.9 Å². The van der Waals surface area contributed by atoms with Crippen LogP contribution in [-0.4, -0.2) is 39.5 Å². The van der Waals surface area contributed by atoms with Gasteiger partial charge >= 0.3 is 12.1 Å². The number of nitrogens with zero attached hydrogens (tertiary/aromatic N) is 2. The summed E-state index contributed by atoms with van der Waals surface area (Å²) < 4.78 is 5.03. The van der Waals surface area contributed by atoms with E-state index in [4.69, 9.17) is 9.57 Å². The summed E-state index contributed by atoms with van der Waals surface area (Å²) in [4.78, 5) is 54.9. The van der Waals surface area contributed by atoms with Gasteiger partial charge in [0.25, 0.3) is 11.8 Å². The van der Waals surface area contributed by atoms with E-state index in [1.165, 1.54) is 18.3 Å². The van der Waals surface area contributed by atoms with Crippen molar-refractivity contribution >= 4 is 29.7 Å². The molecule has 1 fully saturated rings. The van der Waals surface area contributed by atoms with E-state index < -0.39 is 29.5 Å².